The number of benzene rings is 8. The summed E-state index contributed by atoms with van der Waals surface area (Å²) in [5.41, 5.74) is 10.9. The maximum Gasteiger partial charge on any atom is 0.164 e. The fourth-order valence-corrected chi connectivity index (χ4v) is 9.26. The Kier molecular flexibility index (Phi) is 7.64. The number of hydrogen-bond acceptors (Lipinski definition) is 4. The average molecular weight is 733 g/mol. The van der Waals surface area contributed by atoms with Gasteiger partial charge in [0.1, 0.15) is 0 Å². The molecule has 0 aliphatic heterocycles. The van der Waals surface area contributed by atoms with Crippen molar-refractivity contribution in [2.45, 2.75) is 0 Å². The summed E-state index contributed by atoms with van der Waals surface area (Å²) in [5, 5.41) is 4.92. The van der Waals surface area contributed by atoms with Crippen molar-refractivity contribution in [1.82, 2.24) is 19.5 Å². The fraction of sp³-hybridized carbons (Fsp3) is 0. The van der Waals surface area contributed by atoms with E-state index in [1.54, 1.807) is 0 Å². The molecule has 4 nitrogen and oxygen atoms in total. The molecule has 5 heteroatoms. The molecule has 0 radical (unpaired) electrons. The van der Waals surface area contributed by atoms with Gasteiger partial charge in [-0.05, 0) is 59.2 Å². The molecule has 0 bridgehead atoms. The van der Waals surface area contributed by atoms with Crippen LogP contribution in [0, 0.1) is 0 Å². The summed E-state index contributed by atoms with van der Waals surface area (Å²) in [6.07, 6.45) is 0. The zero-order chi connectivity index (χ0) is 37.0. The summed E-state index contributed by atoms with van der Waals surface area (Å²) in [6.45, 7) is 0. The van der Waals surface area contributed by atoms with E-state index in [2.05, 4.69) is 162 Å². The van der Waals surface area contributed by atoms with Gasteiger partial charge < -0.3 is 4.57 Å². The lowest BCUT2D eigenvalue weighted by atomic mass is 9.95. The Morgan fingerprint density at radius 3 is 1.61 bits per heavy atom. The van der Waals surface area contributed by atoms with Crippen LogP contribution < -0.4 is 0 Å². The third-order valence-corrected chi connectivity index (χ3v) is 11.9. The van der Waals surface area contributed by atoms with Gasteiger partial charge in [0, 0.05) is 58.9 Å². The van der Waals surface area contributed by atoms with E-state index in [4.69, 9.17) is 15.0 Å². The summed E-state index contributed by atoms with van der Waals surface area (Å²) >= 11 is 1.86. The predicted molar refractivity (Wildman–Crippen MR) is 234 cm³/mol. The highest BCUT2D eigenvalue weighted by Crippen LogP contribution is 2.46. The van der Waals surface area contributed by atoms with Gasteiger partial charge in [0.2, 0.25) is 0 Å². The minimum Gasteiger partial charge on any atom is -0.309 e. The van der Waals surface area contributed by atoms with Gasteiger partial charge in [0.25, 0.3) is 0 Å². The Morgan fingerprint density at radius 1 is 0.357 bits per heavy atom. The first kappa shape index (κ1) is 32.2. The van der Waals surface area contributed by atoms with Crippen molar-refractivity contribution in [3.63, 3.8) is 0 Å². The van der Waals surface area contributed by atoms with Crippen LogP contribution in [0.5, 0.6) is 0 Å². The maximum atomic E-state index is 5.20. The van der Waals surface area contributed by atoms with Crippen molar-refractivity contribution in [1.29, 1.82) is 0 Å². The fourth-order valence-electron chi connectivity index (χ4n) is 8.05. The first-order valence-corrected chi connectivity index (χ1v) is 19.6. The van der Waals surface area contributed by atoms with E-state index in [9.17, 15) is 0 Å². The molecule has 3 heterocycles. The quantitative estimate of drug-likeness (QED) is 0.171. The molecular formula is C51H32N4S. The maximum absolute atomic E-state index is 5.20. The first-order valence-electron chi connectivity index (χ1n) is 18.8. The van der Waals surface area contributed by atoms with Gasteiger partial charge in [0.05, 0.1) is 11.0 Å². The molecule has 262 valence electrons. The second kappa shape index (κ2) is 13.3. The lowest BCUT2D eigenvalue weighted by Gasteiger charge is -2.13. The molecule has 0 saturated carbocycles. The molecule has 11 aromatic rings. The molecule has 3 aromatic heterocycles. The molecule has 0 aliphatic rings. The van der Waals surface area contributed by atoms with Crippen molar-refractivity contribution in [2.24, 2.45) is 0 Å². The van der Waals surface area contributed by atoms with Crippen LogP contribution in [0.25, 0.3) is 104 Å². The van der Waals surface area contributed by atoms with E-state index in [-0.39, 0.29) is 0 Å². The van der Waals surface area contributed by atoms with Gasteiger partial charge in [-0.25, -0.2) is 15.0 Å². The average Bonchev–Trinajstić information content (AvgIpc) is 3.83. The van der Waals surface area contributed by atoms with Crippen molar-refractivity contribution in [3.05, 3.63) is 194 Å². The molecule has 0 unspecified atom stereocenters. The van der Waals surface area contributed by atoms with E-state index in [0.717, 1.165) is 39.0 Å². The smallest absolute Gasteiger partial charge is 0.164 e. The highest BCUT2D eigenvalue weighted by Gasteiger charge is 2.22. The van der Waals surface area contributed by atoms with Gasteiger partial charge in [-0.3, -0.25) is 0 Å². The molecule has 0 aliphatic carbocycles. The van der Waals surface area contributed by atoms with Gasteiger partial charge >= 0.3 is 0 Å². The molecule has 0 atom stereocenters. The number of rotatable bonds is 6. The van der Waals surface area contributed by atoms with Crippen LogP contribution in [0.2, 0.25) is 0 Å². The molecule has 0 fully saturated rings. The summed E-state index contributed by atoms with van der Waals surface area (Å²) in [7, 11) is 0. The SMILES string of the molecule is c1ccc(-c2ccc3sc4c(-c5cc(-c6nc(-c7ccccc7)nc(-c7ccccc7)n6)cc6c5c5ccccc5n6-c5ccccc5)cccc4c3c2)cc1. The second-order valence-electron chi connectivity index (χ2n) is 14.0. The van der Waals surface area contributed by atoms with Crippen LogP contribution in [0.4, 0.5) is 0 Å². The Bertz CT molecular complexity index is 3170. The van der Waals surface area contributed by atoms with Crippen LogP contribution in [-0.4, -0.2) is 19.5 Å². The van der Waals surface area contributed by atoms with E-state index in [0.29, 0.717) is 17.5 Å². The molecule has 0 saturated heterocycles. The van der Waals surface area contributed by atoms with Gasteiger partial charge in [-0.1, -0.05) is 152 Å². The number of hydrogen-bond donors (Lipinski definition) is 0. The molecule has 0 spiro atoms. The van der Waals surface area contributed by atoms with Gasteiger partial charge in [0.15, 0.2) is 17.5 Å². The number of aromatic nitrogens is 4. The van der Waals surface area contributed by atoms with Crippen LogP contribution in [-0.2, 0) is 0 Å². The minimum absolute atomic E-state index is 0.627. The molecule has 8 aromatic carbocycles. The highest BCUT2D eigenvalue weighted by atomic mass is 32.1. The van der Waals surface area contributed by atoms with E-state index < -0.39 is 0 Å². The lowest BCUT2D eigenvalue weighted by Crippen LogP contribution is -2.01. The van der Waals surface area contributed by atoms with Crippen LogP contribution >= 0.6 is 11.3 Å². The summed E-state index contributed by atoms with van der Waals surface area (Å²) in [4.78, 5) is 15.4. The molecule has 56 heavy (non-hydrogen) atoms. The summed E-state index contributed by atoms with van der Waals surface area (Å²) in [5.74, 6) is 1.91. The Morgan fingerprint density at radius 2 is 0.929 bits per heavy atom. The zero-order valence-electron chi connectivity index (χ0n) is 30.2. The number of para-hydroxylation sites is 2. The number of thiophene rings is 1. The lowest BCUT2D eigenvalue weighted by molar-refractivity contribution is 1.07. The Labute approximate surface area is 327 Å². The second-order valence-corrected chi connectivity index (χ2v) is 15.1. The molecule has 0 amide bonds. The third kappa shape index (κ3) is 5.40. The molecule has 11 rings (SSSR count). The highest BCUT2D eigenvalue weighted by molar-refractivity contribution is 7.26. The van der Waals surface area contributed by atoms with Crippen molar-refractivity contribution in [3.8, 4) is 62.1 Å². The topological polar surface area (TPSA) is 43.6 Å². The van der Waals surface area contributed by atoms with E-state index >= 15 is 0 Å². The zero-order valence-corrected chi connectivity index (χ0v) is 31.0. The van der Waals surface area contributed by atoms with Gasteiger partial charge in [-0.15, -0.1) is 11.3 Å². The summed E-state index contributed by atoms with van der Waals surface area (Å²) < 4.78 is 4.91. The normalized spacial score (nSPS) is 11.6. The predicted octanol–water partition coefficient (Wildman–Crippen LogP) is 13.7. The molecule has 0 N–H and O–H groups in total. The van der Waals surface area contributed by atoms with Crippen molar-refractivity contribution >= 4 is 53.3 Å². The number of nitrogens with zero attached hydrogens (tertiary/aromatic N) is 4. The largest absolute Gasteiger partial charge is 0.309 e. The Balaban J connectivity index is 1.23. The van der Waals surface area contributed by atoms with Crippen LogP contribution in [0.15, 0.2) is 194 Å². The molecular weight excluding hydrogens is 701 g/mol. The van der Waals surface area contributed by atoms with E-state index in [1.807, 2.05) is 47.7 Å². The minimum atomic E-state index is 0.627. The monoisotopic (exact) mass is 732 g/mol. The van der Waals surface area contributed by atoms with Crippen molar-refractivity contribution in [2.75, 3.05) is 0 Å². The Hall–Kier alpha value is -7.21. The summed E-state index contributed by atoms with van der Waals surface area (Å²) in [6, 6.07) is 68.6. The first-order chi connectivity index (χ1) is 27.8. The standard InChI is InChI=1S/C51H32N4S/c1-5-16-33(17-6-1)36-28-29-46-42(30-36)39-25-15-26-40(48(39)56-46)43-31-37(32-45-47(43)41-24-13-14-27-44(41)55(45)38-22-11-4-12-23-38)51-53-49(34-18-7-2-8-19-34)52-50(54-51)35-20-9-3-10-21-35/h1-32H. The number of fused-ring (bicyclic) bond motifs is 6. The van der Waals surface area contributed by atoms with E-state index in [1.165, 1.54) is 47.6 Å². The van der Waals surface area contributed by atoms with Crippen LogP contribution in [0.1, 0.15) is 0 Å². The van der Waals surface area contributed by atoms with Crippen LogP contribution in [0.3, 0.4) is 0 Å². The van der Waals surface area contributed by atoms with Crippen molar-refractivity contribution < 1.29 is 0 Å². The van der Waals surface area contributed by atoms with Gasteiger partial charge in [-0.2, -0.15) is 0 Å². The third-order valence-electron chi connectivity index (χ3n) is 10.6.